The normalized spacial score (nSPS) is 16.8. The van der Waals surface area contributed by atoms with E-state index in [9.17, 15) is 9.59 Å². The van der Waals surface area contributed by atoms with Gasteiger partial charge in [-0.25, -0.2) is 4.79 Å². The third-order valence-corrected chi connectivity index (χ3v) is 3.24. The zero-order chi connectivity index (χ0) is 12.3. The summed E-state index contributed by atoms with van der Waals surface area (Å²) in [6.07, 6.45) is 1.41. The van der Waals surface area contributed by atoms with Crippen LogP contribution in [0.4, 0.5) is 4.79 Å². The van der Waals surface area contributed by atoms with Crippen LogP contribution in [0, 0.1) is 5.92 Å². The Morgan fingerprint density at radius 2 is 1.71 bits per heavy atom. The van der Waals surface area contributed by atoms with Gasteiger partial charge < -0.3 is 10.6 Å². The smallest absolute Gasteiger partial charge is 0.314 e. The van der Waals surface area contributed by atoms with Crippen molar-refractivity contribution >= 4 is 11.8 Å². The summed E-state index contributed by atoms with van der Waals surface area (Å²) < 4.78 is 0. The molecule has 0 atom stereocenters. The van der Waals surface area contributed by atoms with Crippen LogP contribution in [0.3, 0.4) is 0 Å². The summed E-state index contributed by atoms with van der Waals surface area (Å²) in [5.74, 6) is 0.197. The summed E-state index contributed by atoms with van der Waals surface area (Å²) in [6.45, 7) is 1.16. The lowest BCUT2D eigenvalue weighted by Gasteiger charge is -2.29. The molecule has 0 spiro atoms. The Bertz CT molecular complexity index is 409. The number of benzene rings is 1. The summed E-state index contributed by atoms with van der Waals surface area (Å²) in [5, 5.41) is 0. The van der Waals surface area contributed by atoms with Gasteiger partial charge in [0.25, 0.3) is 0 Å². The Labute approximate surface area is 100 Å². The van der Waals surface area contributed by atoms with Gasteiger partial charge in [-0.1, -0.05) is 30.3 Å². The van der Waals surface area contributed by atoms with Crippen molar-refractivity contribution < 1.29 is 9.59 Å². The number of rotatable bonds is 2. The van der Waals surface area contributed by atoms with Gasteiger partial charge in [0.1, 0.15) is 0 Å². The molecule has 90 valence electrons. The molecule has 17 heavy (non-hydrogen) atoms. The molecule has 2 N–H and O–H groups in total. The highest BCUT2D eigenvalue weighted by molar-refractivity contribution is 5.97. The molecular weight excluding hydrogens is 216 g/mol. The van der Waals surface area contributed by atoms with E-state index >= 15 is 0 Å². The molecule has 1 aliphatic rings. The lowest BCUT2D eigenvalue weighted by molar-refractivity contribution is 0.0857. The number of hydrogen-bond acceptors (Lipinski definition) is 2. The van der Waals surface area contributed by atoms with Gasteiger partial charge in [-0.3, -0.25) is 4.79 Å². The van der Waals surface area contributed by atoms with Crippen molar-refractivity contribution in [2.75, 3.05) is 13.1 Å². The van der Waals surface area contributed by atoms with Gasteiger partial charge in [-0.15, -0.1) is 0 Å². The van der Waals surface area contributed by atoms with Crippen LogP contribution in [0.5, 0.6) is 0 Å². The summed E-state index contributed by atoms with van der Waals surface area (Å²) in [4.78, 5) is 24.7. The molecule has 1 fully saturated rings. The van der Waals surface area contributed by atoms with Gasteiger partial charge in [-0.05, 0) is 12.8 Å². The van der Waals surface area contributed by atoms with Crippen molar-refractivity contribution in [3.8, 4) is 0 Å². The predicted molar refractivity (Wildman–Crippen MR) is 64.7 cm³/mol. The first kappa shape index (κ1) is 11.6. The zero-order valence-corrected chi connectivity index (χ0v) is 9.63. The monoisotopic (exact) mass is 232 g/mol. The zero-order valence-electron chi connectivity index (χ0n) is 9.63. The Hall–Kier alpha value is -1.84. The first-order valence-electron chi connectivity index (χ1n) is 5.82. The molecule has 0 aliphatic carbocycles. The van der Waals surface area contributed by atoms with Crippen molar-refractivity contribution in [3.63, 3.8) is 0 Å². The quantitative estimate of drug-likeness (QED) is 0.788. The second-order valence-electron chi connectivity index (χ2n) is 4.33. The number of hydrogen-bond donors (Lipinski definition) is 1. The van der Waals surface area contributed by atoms with Crippen LogP contribution in [-0.4, -0.2) is 29.8 Å². The minimum absolute atomic E-state index is 0.0213. The highest BCUT2D eigenvalue weighted by Crippen LogP contribution is 2.21. The maximum absolute atomic E-state index is 12.1. The summed E-state index contributed by atoms with van der Waals surface area (Å²) in [6, 6.07) is 8.91. The van der Waals surface area contributed by atoms with E-state index < -0.39 is 6.03 Å². The van der Waals surface area contributed by atoms with Crippen LogP contribution >= 0.6 is 0 Å². The number of urea groups is 1. The van der Waals surface area contributed by atoms with Crippen LogP contribution in [0.15, 0.2) is 30.3 Å². The number of carbonyl (C=O) groups excluding carboxylic acids is 2. The molecule has 1 saturated heterocycles. The van der Waals surface area contributed by atoms with Gasteiger partial charge in [0.2, 0.25) is 0 Å². The van der Waals surface area contributed by atoms with Crippen molar-refractivity contribution in [2.24, 2.45) is 11.7 Å². The molecule has 0 unspecified atom stereocenters. The van der Waals surface area contributed by atoms with E-state index in [2.05, 4.69) is 0 Å². The number of piperidine rings is 1. The SMILES string of the molecule is NC(=O)N1CCC(C(=O)c2ccccc2)CC1. The number of ketones is 1. The number of carbonyl (C=O) groups is 2. The third kappa shape index (κ3) is 2.64. The van der Waals surface area contributed by atoms with E-state index in [4.69, 9.17) is 5.73 Å². The number of amides is 2. The molecule has 4 heteroatoms. The number of likely N-dealkylation sites (tertiary alicyclic amines) is 1. The van der Waals surface area contributed by atoms with E-state index in [0.717, 1.165) is 5.56 Å². The highest BCUT2D eigenvalue weighted by atomic mass is 16.2. The maximum atomic E-state index is 12.1. The first-order valence-corrected chi connectivity index (χ1v) is 5.82. The molecule has 1 heterocycles. The van der Waals surface area contributed by atoms with Gasteiger partial charge in [0, 0.05) is 24.6 Å². The Morgan fingerprint density at radius 1 is 1.12 bits per heavy atom. The van der Waals surface area contributed by atoms with Crippen molar-refractivity contribution in [3.05, 3.63) is 35.9 Å². The van der Waals surface area contributed by atoms with E-state index in [-0.39, 0.29) is 11.7 Å². The average molecular weight is 232 g/mol. The van der Waals surface area contributed by atoms with Crippen LogP contribution in [0.1, 0.15) is 23.2 Å². The first-order chi connectivity index (χ1) is 8.18. The average Bonchev–Trinajstić information content (AvgIpc) is 2.39. The molecule has 0 radical (unpaired) electrons. The number of Topliss-reactive ketones (excluding diaryl/α,β-unsaturated/α-hetero) is 1. The summed E-state index contributed by atoms with van der Waals surface area (Å²) in [7, 11) is 0. The summed E-state index contributed by atoms with van der Waals surface area (Å²) in [5.41, 5.74) is 5.96. The highest BCUT2D eigenvalue weighted by Gasteiger charge is 2.26. The second-order valence-corrected chi connectivity index (χ2v) is 4.33. The minimum atomic E-state index is -0.393. The number of nitrogens with zero attached hydrogens (tertiary/aromatic N) is 1. The Kier molecular flexibility index (Phi) is 3.42. The van der Waals surface area contributed by atoms with Crippen LogP contribution < -0.4 is 5.73 Å². The van der Waals surface area contributed by atoms with E-state index in [0.29, 0.717) is 25.9 Å². The predicted octanol–water partition coefficient (Wildman–Crippen LogP) is 1.66. The molecule has 0 bridgehead atoms. The Morgan fingerprint density at radius 3 is 2.24 bits per heavy atom. The van der Waals surface area contributed by atoms with E-state index in [1.54, 1.807) is 4.90 Å². The fraction of sp³-hybridized carbons (Fsp3) is 0.385. The molecule has 4 nitrogen and oxygen atoms in total. The van der Waals surface area contributed by atoms with Gasteiger partial charge in [0.15, 0.2) is 5.78 Å². The van der Waals surface area contributed by atoms with Crippen molar-refractivity contribution in [2.45, 2.75) is 12.8 Å². The lowest BCUT2D eigenvalue weighted by atomic mass is 9.89. The lowest BCUT2D eigenvalue weighted by Crippen LogP contribution is -2.43. The van der Waals surface area contributed by atoms with Crippen LogP contribution in [0.25, 0.3) is 0 Å². The maximum Gasteiger partial charge on any atom is 0.314 e. The van der Waals surface area contributed by atoms with Crippen molar-refractivity contribution in [1.82, 2.24) is 4.90 Å². The Balaban J connectivity index is 1.98. The van der Waals surface area contributed by atoms with E-state index in [1.807, 2.05) is 30.3 Å². The van der Waals surface area contributed by atoms with Gasteiger partial charge in [0.05, 0.1) is 0 Å². The second kappa shape index (κ2) is 4.99. The molecule has 2 rings (SSSR count). The standard InChI is InChI=1S/C13H16N2O2/c14-13(17)15-8-6-11(7-9-15)12(16)10-4-2-1-3-5-10/h1-5,11H,6-9H2,(H2,14,17). The largest absolute Gasteiger partial charge is 0.351 e. The molecular formula is C13H16N2O2. The molecule has 1 aromatic carbocycles. The topological polar surface area (TPSA) is 63.4 Å². The molecule has 1 aliphatic heterocycles. The number of primary amides is 1. The fourth-order valence-corrected chi connectivity index (χ4v) is 2.20. The molecule has 0 aromatic heterocycles. The van der Waals surface area contributed by atoms with E-state index in [1.165, 1.54) is 0 Å². The fourth-order valence-electron chi connectivity index (χ4n) is 2.20. The third-order valence-electron chi connectivity index (χ3n) is 3.24. The number of nitrogens with two attached hydrogens (primary N) is 1. The molecule has 1 aromatic rings. The van der Waals surface area contributed by atoms with Gasteiger partial charge in [-0.2, -0.15) is 0 Å². The molecule has 2 amide bonds. The minimum Gasteiger partial charge on any atom is -0.351 e. The molecule has 0 saturated carbocycles. The van der Waals surface area contributed by atoms with Gasteiger partial charge >= 0.3 is 6.03 Å². The van der Waals surface area contributed by atoms with Crippen LogP contribution in [-0.2, 0) is 0 Å². The summed E-state index contributed by atoms with van der Waals surface area (Å²) >= 11 is 0. The van der Waals surface area contributed by atoms with Crippen molar-refractivity contribution in [1.29, 1.82) is 0 Å². The van der Waals surface area contributed by atoms with Crippen LogP contribution in [0.2, 0.25) is 0 Å².